The molecule has 0 saturated heterocycles. The summed E-state index contributed by atoms with van der Waals surface area (Å²) in [6, 6.07) is 14.7. The van der Waals surface area contributed by atoms with Gasteiger partial charge in [-0.1, -0.05) is 24.3 Å². The number of halogens is 2. The van der Waals surface area contributed by atoms with Crippen molar-refractivity contribution in [3.8, 4) is 11.4 Å². The maximum atomic E-state index is 14.3. The number of para-hydroxylation sites is 1. The SMILES string of the molecule is CN=C(NCCOc1ccccc1)NCc1ccc(-n2ccnc2)c(F)c1.I. The van der Waals surface area contributed by atoms with Gasteiger partial charge in [-0.2, -0.15) is 0 Å². The van der Waals surface area contributed by atoms with Crippen molar-refractivity contribution in [2.24, 2.45) is 4.99 Å². The molecule has 0 unspecified atom stereocenters. The van der Waals surface area contributed by atoms with Crippen molar-refractivity contribution >= 4 is 29.9 Å². The first kappa shape index (κ1) is 21.7. The molecule has 0 aliphatic heterocycles. The predicted octanol–water partition coefficient (Wildman–Crippen LogP) is 3.37. The van der Waals surface area contributed by atoms with Crippen molar-refractivity contribution in [2.75, 3.05) is 20.2 Å². The zero-order chi connectivity index (χ0) is 18.9. The van der Waals surface area contributed by atoms with E-state index in [2.05, 4.69) is 20.6 Å². The number of rotatable bonds is 7. The molecule has 2 aromatic carbocycles. The maximum Gasteiger partial charge on any atom is 0.191 e. The summed E-state index contributed by atoms with van der Waals surface area (Å²) in [6.45, 7) is 1.57. The van der Waals surface area contributed by atoms with Gasteiger partial charge in [0.15, 0.2) is 5.96 Å². The van der Waals surface area contributed by atoms with E-state index in [9.17, 15) is 4.39 Å². The van der Waals surface area contributed by atoms with Gasteiger partial charge < -0.3 is 19.9 Å². The molecule has 0 spiro atoms. The number of benzene rings is 2. The Morgan fingerprint density at radius 3 is 2.68 bits per heavy atom. The van der Waals surface area contributed by atoms with E-state index in [4.69, 9.17) is 4.74 Å². The van der Waals surface area contributed by atoms with Crippen LogP contribution < -0.4 is 15.4 Å². The Morgan fingerprint density at radius 2 is 2.00 bits per heavy atom. The predicted molar refractivity (Wildman–Crippen MR) is 119 cm³/mol. The fourth-order valence-electron chi connectivity index (χ4n) is 2.53. The lowest BCUT2D eigenvalue weighted by Gasteiger charge is -2.13. The third-order valence-electron chi connectivity index (χ3n) is 3.88. The standard InChI is InChI=1S/C20H22FN5O.HI/c1-22-20(24-10-12-27-17-5-3-2-4-6-17)25-14-16-7-8-19(18(21)13-16)26-11-9-23-15-26;/h2-9,11,13,15H,10,12,14H2,1H3,(H2,22,24,25);1H. The molecule has 0 saturated carbocycles. The third kappa shape index (κ3) is 6.22. The van der Waals surface area contributed by atoms with Crippen LogP contribution in [0.5, 0.6) is 5.75 Å². The highest BCUT2D eigenvalue weighted by Crippen LogP contribution is 2.14. The molecule has 0 aliphatic carbocycles. The molecule has 1 heterocycles. The van der Waals surface area contributed by atoms with E-state index < -0.39 is 0 Å². The number of hydrogen-bond acceptors (Lipinski definition) is 3. The van der Waals surface area contributed by atoms with Gasteiger partial charge in [0.05, 0.1) is 18.6 Å². The summed E-state index contributed by atoms with van der Waals surface area (Å²) in [5.74, 6) is 1.16. The molecule has 1 aromatic heterocycles. The van der Waals surface area contributed by atoms with Crippen molar-refractivity contribution in [1.82, 2.24) is 20.2 Å². The van der Waals surface area contributed by atoms with Gasteiger partial charge in [0, 0.05) is 26.0 Å². The number of nitrogens with zero attached hydrogens (tertiary/aromatic N) is 3. The number of ether oxygens (including phenoxy) is 1. The highest BCUT2D eigenvalue weighted by molar-refractivity contribution is 14.0. The van der Waals surface area contributed by atoms with Gasteiger partial charge in [-0.05, 0) is 29.8 Å². The monoisotopic (exact) mass is 495 g/mol. The van der Waals surface area contributed by atoms with E-state index in [0.717, 1.165) is 11.3 Å². The molecule has 3 aromatic rings. The van der Waals surface area contributed by atoms with Crippen molar-refractivity contribution in [3.63, 3.8) is 0 Å². The first-order valence-electron chi connectivity index (χ1n) is 8.65. The van der Waals surface area contributed by atoms with Crippen LogP contribution >= 0.6 is 24.0 Å². The molecule has 0 amide bonds. The summed E-state index contributed by atoms with van der Waals surface area (Å²) in [4.78, 5) is 8.10. The second-order valence-corrected chi connectivity index (χ2v) is 5.77. The molecule has 0 radical (unpaired) electrons. The summed E-state index contributed by atoms with van der Waals surface area (Å²) in [6.07, 6.45) is 4.89. The number of aliphatic imine (C=N–C) groups is 1. The molecular formula is C20H23FIN5O. The molecule has 148 valence electrons. The number of imidazole rings is 1. The van der Waals surface area contributed by atoms with Gasteiger partial charge in [-0.15, -0.1) is 24.0 Å². The minimum atomic E-state index is -0.300. The molecule has 0 fully saturated rings. The smallest absolute Gasteiger partial charge is 0.191 e. The number of nitrogens with one attached hydrogen (secondary N) is 2. The van der Waals surface area contributed by atoms with Gasteiger partial charge in [0.2, 0.25) is 0 Å². The Labute approximate surface area is 180 Å². The fraction of sp³-hybridized carbons (Fsp3) is 0.200. The van der Waals surface area contributed by atoms with Crippen LogP contribution in [-0.4, -0.2) is 35.7 Å². The molecule has 0 aliphatic rings. The van der Waals surface area contributed by atoms with Crippen molar-refractivity contribution in [2.45, 2.75) is 6.54 Å². The van der Waals surface area contributed by atoms with Crippen molar-refractivity contribution in [3.05, 3.63) is 78.6 Å². The molecule has 3 rings (SSSR count). The fourth-order valence-corrected chi connectivity index (χ4v) is 2.53. The number of aromatic nitrogens is 2. The van der Waals surface area contributed by atoms with Crippen LogP contribution in [0.3, 0.4) is 0 Å². The Bertz CT molecular complexity index is 872. The molecular weight excluding hydrogens is 472 g/mol. The van der Waals surface area contributed by atoms with Gasteiger partial charge in [-0.25, -0.2) is 9.37 Å². The lowest BCUT2D eigenvalue weighted by Crippen LogP contribution is -2.38. The zero-order valence-corrected chi connectivity index (χ0v) is 17.8. The molecule has 0 atom stereocenters. The number of hydrogen-bond donors (Lipinski definition) is 2. The first-order valence-corrected chi connectivity index (χ1v) is 8.65. The van der Waals surface area contributed by atoms with Crippen LogP contribution in [0.25, 0.3) is 5.69 Å². The van der Waals surface area contributed by atoms with Crippen LogP contribution in [0.15, 0.2) is 72.2 Å². The van der Waals surface area contributed by atoms with Gasteiger partial charge in [0.25, 0.3) is 0 Å². The van der Waals surface area contributed by atoms with Crippen LogP contribution in [-0.2, 0) is 6.54 Å². The van der Waals surface area contributed by atoms with Crippen molar-refractivity contribution < 1.29 is 9.13 Å². The molecule has 2 N–H and O–H groups in total. The molecule has 0 bridgehead atoms. The summed E-state index contributed by atoms with van der Waals surface area (Å²) in [5, 5.41) is 6.33. The quantitative estimate of drug-likeness (QED) is 0.229. The largest absolute Gasteiger partial charge is 0.492 e. The summed E-state index contributed by atoms with van der Waals surface area (Å²) >= 11 is 0. The zero-order valence-electron chi connectivity index (χ0n) is 15.5. The van der Waals surface area contributed by atoms with E-state index in [-0.39, 0.29) is 29.8 Å². The minimum Gasteiger partial charge on any atom is -0.492 e. The molecule has 28 heavy (non-hydrogen) atoms. The van der Waals surface area contributed by atoms with Gasteiger partial charge in [0.1, 0.15) is 18.2 Å². The second-order valence-electron chi connectivity index (χ2n) is 5.77. The summed E-state index contributed by atoms with van der Waals surface area (Å²) in [5.41, 5.74) is 1.29. The topological polar surface area (TPSA) is 63.5 Å². The maximum absolute atomic E-state index is 14.3. The minimum absolute atomic E-state index is 0. The van der Waals surface area contributed by atoms with Gasteiger partial charge >= 0.3 is 0 Å². The Kier molecular flexibility index (Phi) is 8.73. The van der Waals surface area contributed by atoms with E-state index >= 15 is 0 Å². The average Bonchev–Trinajstić information content (AvgIpc) is 3.23. The average molecular weight is 495 g/mol. The Balaban J connectivity index is 0.00000280. The van der Waals surface area contributed by atoms with E-state index in [0.29, 0.717) is 31.3 Å². The second kappa shape index (κ2) is 11.3. The Hall–Kier alpha value is -2.62. The highest BCUT2D eigenvalue weighted by Gasteiger charge is 2.06. The van der Waals surface area contributed by atoms with E-state index in [1.165, 1.54) is 6.07 Å². The van der Waals surface area contributed by atoms with Crippen LogP contribution in [0.1, 0.15) is 5.56 Å². The third-order valence-corrected chi connectivity index (χ3v) is 3.88. The van der Waals surface area contributed by atoms with Gasteiger partial charge in [-0.3, -0.25) is 4.99 Å². The normalized spacial score (nSPS) is 10.9. The van der Waals surface area contributed by atoms with E-state index in [1.807, 2.05) is 36.4 Å². The first-order chi connectivity index (χ1) is 13.3. The van der Waals surface area contributed by atoms with E-state index in [1.54, 1.807) is 36.4 Å². The highest BCUT2D eigenvalue weighted by atomic mass is 127. The van der Waals surface area contributed by atoms with Crippen LogP contribution in [0.2, 0.25) is 0 Å². The molecule has 6 nitrogen and oxygen atoms in total. The lowest BCUT2D eigenvalue weighted by molar-refractivity contribution is 0.322. The lowest BCUT2D eigenvalue weighted by atomic mass is 10.2. The van der Waals surface area contributed by atoms with Crippen molar-refractivity contribution in [1.29, 1.82) is 0 Å². The summed E-state index contributed by atoms with van der Waals surface area (Å²) < 4.78 is 21.6. The Morgan fingerprint density at radius 1 is 1.18 bits per heavy atom. The molecule has 8 heteroatoms. The van der Waals surface area contributed by atoms with Crippen LogP contribution in [0, 0.1) is 5.82 Å². The van der Waals surface area contributed by atoms with Crippen LogP contribution in [0.4, 0.5) is 4.39 Å². The summed E-state index contributed by atoms with van der Waals surface area (Å²) in [7, 11) is 1.69. The number of guanidine groups is 1.